The smallest absolute Gasteiger partial charge is 0.406 e. The zero-order valence-electron chi connectivity index (χ0n) is 12.6. The Hall–Kier alpha value is -1.73. The van der Waals surface area contributed by atoms with Crippen LogP contribution in [-0.2, 0) is 9.47 Å². The van der Waals surface area contributed by atoms with Crippen molar-refractivity contribution in [2.24, 2.45) is 0 Å². The van der Waals surface area contributed by atoms with Gasteiger partial charge in [0.15, 0.2) is 0 Å². The van der Waals surface area contributed by atoms with Crippen molar-refractivity contribution in [2.45, 2.75) is 12.8 Å². The Balaban J connectivity index is 1.86. The van der Waals surface area contributed by atoms with E-state index in [9.17, 15) is 13.2 Å². The van der Waals surface area contributed by atoms with E-state index in [0.29, 0.717) is 30.9 Å². The third-order valence-electron chi connectivity index (χ3n) is 3.64. The molecule has 129 valence electrons. The van der Waals surface area contributed by atoms with E-state index in [2.05, 4.69) is 14.6 Å². The third kappa shape index (κ3) is 4.42. The Labute approximate surface area is 142 Å². The molecule has 0 saturated carbocycles. The number of halogens is 4. The van der Waals surface area contributed by atoms with E-state index < -0.39 is 6.36 Å². The molecule has 4 nitrogen and oxygen atoms in total. The average molecular weight is 360 g/mol. The first-order valence-corrected chi connectivity index (χ1v) is 7.80. The van der Waals surface area contributed by atoms with Crippen LogP contribution < -0.4 is 4.90 Å². The average Bonchev–Trinajstić information content (AvgIpc) is 2.54. The van der Waals surface area contributed by atoms with Gasteiger partial charge in [0.05, 0.1) is 18.9 Å². The van der Waals surface area contributed by atoms with Gasteiger partial charge in [0.2, 0.25) is 0 Å². The lowest BCUT2D eigenvalue weighted by Crippen LogP contribution is -2.36. The van der Waals surface area contributed by atoms with Crippen LogP contribution in [0, 0.1) is 6.42 Å². The molecule has 2 aliphatic rings. The second-order valence-corrected chi connectivity index (χ2v) is 5.71. The van der Waals surface area contributed by atoms with Crippen molar-refractivity contribution in [2.75, 3.05) is 31.2 Å². The van der Waals surface area contributed by atoms with Gasteiger partial charge < -0.3 is 14.4 Å². The molecule has 1 fully saturated rings. The van der Waals surface area contributed by atoms with Crippen LogP contribution in [0.15, 0.2) is 30.0 Å². The Morgan fingerprint density at radius 2 is 1.96 bits per heavy atom. The maximum Gasteiger partial charge on any atom is 0.573 e. The number of morpholine rings is 1. The molecule has 1 radical (unpaired) electrons. The highest BCUT2D eigenvalue weighted by atomic mass is 35.5. The van der Waals surface area contributed by atoms with Gasteiger partial charge in [-0.3, -0.25) is 0 Å². The molecule has 0 bridgehead atoms. The van der Waals surface area contributed by atoms with Crippen LogP contribution in [0.25, 0.3) is 5.57 Å². The molecule has 3 rings (SSSR count). The number of ether oxygens (including phenoxy) is 2. The minimum Gasteiger partial charge on any atom is -0.406 e. The summed E-state index contributed by atoms with van der Waals surface area (Å²) in [5, 5.41) is 0.288. The molecule has 1 saturated heterocycles. The van der Waals surface area contributed by atoms with Crippen LogP contribution in [0.4, 0.5) is 18.9 Å². The van der Waals surface area contributed by atoms with E-state index in [0.717, 1.165) is 18.8 Å². The number of nitrogens with zero attached hydrogens (tertiary/aromatic N) is 2. The second kappa shape index (κ2) is 7.03. The molecule has 0 N–H and O–H groups in total. The van der Waals surface area contributed by atoms with Crippen molar-refractivity contribution < 1.29 is 22.6 Å². The molecule has 24 heavy (non-hydrogen) atoms. The van der Waals surface area contributed by atoms with Crippen LogP contribution in [0.5, 0.6) is 0 Å². The van der Waals surface area contributed by atoms with Crippen molar-refractivity contribution in [3.8, 4) is 0 Å². The van der Waals surface area contributed by atoms with Crippen LogP contribution >= 0.6 is 11.6 Å². The highest BCUT2D eigenvalue weighted by molar-refractivity contribution is 6.29. The minimum atomic E-state index is -4.72. The van der Waals surface area contributed by atoms with Gasteiger partial charge in [-0.05, 0) is 42.7 Å². The Morgan fingerprint density at radius 1 is 1.21 bits per heavy atom. The second-order valence-electron chi connectivity index (χ2n) is 5.33. The van der Waals surface area contributed by atoms with Gasteiger partial charge >= 0.3 is 6.36 Å². The molecular formula is C16H15ClF3N2O2. The fourth-order valence-corrected chi connectivity index (χ4v) is 2.79. The van der Waals surface area contributed by atoms with Crippen LogP contribution in [0.1, 0.15) is 12.1 Å². The zero-order chi connectivity index (χ0) is 17.2. The number of hydrogen-bond acceptors (Lipinski definition) is 4. The van der Waals surface area contributed by atoms with Crippen molar-refractivity contribution >= 4 is 22.9 Å². The fourth-order valence-electron chi connectivity index (χ4n) is 2.59. The Morgan fingerprint density at radius 3 is 2.67 bits per heavy atom. The van der Waals surface area contributed by atoms with Gasteiger partial charge in [-0.2, -0.15) is 0 Å². The summed E-state index contributed by atoms with van der Waals surface area (Å²) in [6.45, 7) is 2.70. The summed E-state index contributed by atoms with van der Waals surface area (Å²) in [5.41, 5.74) is 1.93. The zero-order valence-corrected chi connectivity index (χ0v) is 13.4. The quantitative estimate of drug-likeness (QED) is 0.764. The normalized spacial score (nSPS) is 18.9. The standard InChI is InChI=1S/C16H15ClF3N2O2/c17-15-10-12(22-4-6-23-7-5-22)9-14(21-15)11-2-1-3-13(8-11)24-16(18,19)20/h2-3,8-10H,1,4-7H2. The first-order valence-electron chi connectivity index (χ1n) is 7.42. The summed E-state index contributed by atoms with van der Waals surface area (Å²) in [4.78, 5) is 6.33. The monoisotopic (exact) mass is 359 g/mol. The maximum absolute atomic E-state index is 12.4. The van der Waals surface area contributed by atoms with E-state index in [-0.39, 0.29) is 10.9 Å². The molecule has 0 aromatic carbocycles. The van der Waals surface area contributed by atoms with Crippen LogP contribution in [-0.4, -0.2) is 37.6 Å². The molecule has 1 aliphatic heterocycles. The van der Waals surface area contributed by atoms with Crippen LogP contribution in [0.2, 0.25) is 5.15 Å². The lowest BCUT2D eigenvalue weighted by molar-refractivity contribution is -0.303. The van der Waals surface area contributed by atoms with E-state index in [4.69, 9.17) is 16.3 Å². The first kappa shape index (κ1) is 17.1. The summed E-state index contributed by atoms with van der Waals surface area (Å²) in [6.07, 6.45) is 0.0813. The number of allylic oxidation sites excluding steroid dienone is 3. The molecule has 1 aromatic rings. The van der Waals surface area contributed by atoms with E-state index in [1.165, 1.54) is 12.2 Å². The van der Waals surface area contributed by atoms with Gasteiger partial charge in [0, 0.05) is 18.8 Å². The maximum atomic E-state index is 12.4. The molecule has 0 atom stereocenters. The van der Waals surface area contributed by atoms with Gasteiger partial charge in [-0.25, -0.2) is 4.98 Å². The summed E-state index contributed by atoms with van der Waals surface area (Å²) in [5.74, 6) is -0.241. The molecular weight excluding hydrogens is 345 g/mol. The largest absolute Gasteiger partial charge is 0.573 e. The molecule has 8 heteroatoms. The van der Waals surface area contributed by atoms with Crippen LogP contribution in [0.3, 0.4) is 0 Å². The molecule has 0 spiro atoms. The first-order chi connectivity index (χ1) is 11.4. The Kier molecular flexibility index (Phi) is 5.01. The SMILES string of the molecule is FC(F)(F)OC1=CC[CH]C(c2cc(N3CCOCC3)cc(Cl)n2)=C1. The molecule has 2 heterocycles. The van der Waals surface area contributed by atoms with Gasteiger partial charge in [0.1, 0.15) is 10.9 Å². The minimum absolute atomic E-state index is 0.241. The van der Waals surface area contributed by atoms with E-state index in [1.807, 2.05) is 6.07 Å². The number of aromatic nitrogens is 1. The number of pyridine rings is 1. The van der Waals surface area contributed by atoms with Gasteiger partial charge in [0.25, 0.3) is 0 Å². The number of alkyl halides is 3. The summed E-state index contributed by atoms with van der Waals surface area (Å²) >= 11 is 6.10. The summed E-state index contributed by atoms with van der Waals surface area (Å²) in [7, 11) is 0. The number of anilines is 1. The van der Waals surface area contributed by atoms with Gasteiger partial charge in [-0.15, -0.1) is 13.2 Å². The molecule has 0 amide bonds. The highest BCUT2D eigenvalue weighted by Crippen LogP contribution is 2.32. The predicted octanol–water partition coefficient (Wildman–Crippen LogP) is 3.98. The fraction of sp³-hybridized carbons (Fsp3) is 0.375. The number of rotatable bonds is 3. The van der Waals surface area contributed by atoms with Crippen molar-refractivity contribution in [1.29, 1.82) is 0 Å². The summed E-state index contributed by atoms with van der Waals surface area (Å²) in [6, 6.07) is 3.55. The van der Waals surface area contributed by atoms with Crippen molar-refractivity contribution in [1.82, 2.24) is 4.98 Å². The topological polar surface area (TPSA) is 34.6 Å². The highest BCUT2D eigenvalue weighted by Gasteiger charge is 2.32. The van der Waals surface area contributed by atoms with Crippen molar-refractivity contribution in [3.63, 3.8) is 0 Å². The lowest BCUT2D eigenvalue weighted by Gasteiger charge is -2.29. The summed E-state index contributed by atoms with van der Waals surface area (Å²) < 4.78 is 46.5. The molecule has 0 unspecified atom stereocenters. The predicted molar refractivity (Wildman–Crippen MR) is 84.4 cm³/mol. The Bertz CT molecular complexity index is 668. The molecule has 1 aromatic heterocycles. The lowest BCUT2D eigenvalue weighted by atomic mass is 10.00. The van der Waals surface area contributed by atoms with E-state index >= 15 is 0 Å². The van der Waals surface area contributed by atoms with Gasteiger partial charge in [-0.1, -0.05) is 11.6 Å². The van der Waals surface area contributed by atoms with Crippen molar-refractivity contribution in [3.05, 3.63) is 47.3 Å². The van der Waals surface area contributed by atoms with E-state index in [1.54, 1.807) is 12.5 Å². The third-order valence-corrected chi connectivity index (χ3v) is 3.83. The number of hydrogen-bond donors (Lipinski definition) is 0. The molecule has 1 aliphatic carbocycles.